The molecule has 1 fully saturated rings. The number of carbonyl (C=O) groups is 1. The molecular weight excluding hydrogens is 271 g/mol. The highest BCUT2D eigenvalue weighted by Crippen LogP contribution is 2.34. The van der Waals surface area contributed by atoms with Crippen LogP contribution in [0.15, 0.2) is 24.3 Å². The molecule has 2 rings (SSSR count). The van der Waals surface area contributed by atoms with E-state index in [2.05, 4.69) is 0 Å². The van der Waals surface area contributed by atoms with Crippen LogP contribution in [0, 0.1) is 11.7 Å². The standard InChI is InChI=1S/C16H23FN2O2/c1-16(2,3)21-15(20)19-9-11(8-18)13(10-19)12-6-4-5-7-14(12)17/h4-7,11,13H,8-10,18H2,1-3H3/t11-,13-/m0/s1. The summed E-state index contributed by atoms with van der Waals surface area (Å²) in [7, 11) is 0. The fourth-order valence-electron chi connectivity index (χ4n) is 2.71. The molecular formula is C16H23FN2O2. The highest BCUT2D eigenvalue weighted by molar-refractivity contribution is 5.68. The van der Waals surface area contributed by atoms with Crippen molar-refractivity contribution in [2.24, 2.45) is 11.7 Å². The van der Waals surface area contributed by atoms with Crippen LogP contribution in [0.5, 0.6) is 0 Å². The highest BCUT2D eigenvalue weighted by atomic mass is 19.1. The van der Waals surface area contributed by atoms with Gasteiger partial charge in [-0.25, -0.2) is 9.18 Å². The van der Waals surface area contributed by atoms with Crippen LogP contribution in [0.2, 0.25) is 0 Å². The van der Waals surface area contributed by atoms with Crippen LogP contribution in [-0.4, -0.2) is 36.2 Å². The van der Waals surface area contributed by atoms with Crippen molar-refractivity contribution in [3.63, 3.8) is 0 Å². The second-order valence-electron chi connectivity index (χ2n) is 6.51. The number of amides is 1. The zero-order valence-electron chi connectivity index (χ0n) is 12.8. The van der Waals surface area contributed by atoms with Gasteiger partial charge in [0.05, 0.1) is 0 Å². The number of likely N-dealkylation sites (tertiary alicyclic amines) is 1. The third-order valence-electron chi connectivity index (χ3n) is 3.70. The predicted octanol–water partition coefficient (Wildman–Crippen LogP) is 2.73. The number of hydrogen-bond acceptors (Lipinski definition) is 3. The van der Waals surface area contributed by atoms with Gasteiger partial charge in [0.1, 0.15) is 11.4 Å². The molecule has 1 aromatic rings. The Morgan fingerprint density at radius 2 is 2.05 bits per heavy atom. The lowest BCUT2D eigenvalue weighted by Gasteiger charge is -2.24. The van der Waals surface area contributed by atoms with Crippen LogP contribution in [0.4, 0.5) is 9.18 Å². The summed E-state index contributed by atoms with van der Waals surface area (Å²) in [5.41, 5.74) is 5.89. The summed E-state index contributed by atoms with van der Waals surface area (Å²) >= 11 is 0. The van der Waals surface area contributed by atoms with E-state index in [1.54, 1.807) is 17.0 Å². The fourth-order valence-corrected chi connectivity index (χ4v) is 2.71. The van der Waals surface area contributed by atoms with Gasteiger partial charge in [-0.3, -0.25) is 0 Å². The van der Waals surface area contributed by atoms with Gasteiger partial charge >= 0.3 is 6.09 Å². The van der Waals surface area contributed by atoms with E-state index in [4.69, 9.17) is 10.5 Å². The van der Waals surface area contributed by atoms with Crippen LogP contribution in [0.25, 0.3) is 0 Å². The summed E-state index contributed by atoms with van der Waals surface area (Å²) in [6.07, 6.45) is -0.361. The van der Waals surface area contributed by atoms with Crippen molar-refractivity contribution >= 4 is 6.09 Å². The van der Waals surface area contributed by atoms with Gasteiger partial charge in [-0.2, -0.15) is 0 Å². The van der Waals surface area contributed by atoms with Crippen LogP contribution < -0.4 is 5.73 Å². The van der Waals surface area contributed by atoms with Gasteiger partial charge in [0.15, 0.2) is 0 Å². The van der Waals surface area contributed by atoms with E-state index in [0.717, 1.165) is 0 Å². The first-order chi connectivity index (χ1) is 9.81. The van der Waals surface area contributed by atoms with E-state index in [1.807, 2.05) is 26.8 Å². The molecule has 1 aromatic carbocycles. The maximum absolute atomic E-state index is 14.0. The Bertz CT molecular complexity index is 513. The molecule has 1 aliphatic heterocycles. The second kappa shape index (κ2) is 6.02. The molecule has 21 heavy (non-hydrogen) atoms. The molecule has 0 unspecified atom stereocenters. The van der Waals surface area contributed by atoms with Gasteiger partial charge in [-0.1, -0.05) is 18.2 Å². The second-order valence-corrected chi connectivity index (χ2v) is 6.51. The molecule has 1 heterocycles. The van der Waals surface area contributed by atoms with Crippen molar-refractivity contribution in [3.8, 4) is 0 Å². The summed E-state index contributed by atoms with van der Waals surface area (Å²) in [6, 6.07) is 6.68. The van der Waals surface area contributed by atoms with E-state index >= 15 is 0 Å². The fraction of sp³-hybridized carbons (Fsp3) is 0.562. The van der Waals surface area contributed by atoms with Crippen LogP contribution in [-0.2, 0) is 4.74 Å². The molecule has 0 spiro atoms. The number of halogens is 1. The number of ether oxygens (including phenoxy) is 1. The monoisotopic (exact) mass is 294 g/mol. The molecule has 2 atom stereocenters. The lowest BCUT2D eigenvalue weighted by atomic mass is 9.89. The SMILES string of the molecule is CC(C)(C)OC(=O)N1C[C@H](CN)[C@@H](c2ccccc2F)C1. The van der Waals surface area contributed by atoms with Crippen molar-refractivity contribution in [2.45, 2.75) is 32.3 Å². The summed E-state index contributed by atoms with van der Waals surface area (Å²) in [4.78, 5) is 13.8. The lowest BCUT2D eigenvalue weighted by molar-refractivity contribution is 0.0287. The molecule has 1 amide bonds. The Morgan fingerprint density at radius 3 is 2.62 bits per heavy atom. The highest BCUT2D eigenvalue weighted by Gasteiger charge is 2.38. The summed E-state index contributed by atoms with van der Waals surface area (Å²) in [6.45, 7) is 6.85. The molecule has 0 aliphatic carbocycles. The first kappa shape index (κ1) is 15.8. The van der Waals surface area contributed by atoms with Crippen LogP contribution in [0.3, 0.4) is 0 Å². The maximum atomic E-state index is 14.0. The third-order valence-corrected chi connectivity index (χ3v) is 3.70. The van der Waals surface area contributed by atoms with E-state index in [9.17, 15) is 9.18 Å². The lowest BCUT2D eigenvalue weighted by Crippen LogP contribution is -2.35. The Morgan fingerprint density at radius 1 is 1.38 bits per heavy atom. The number of rotatable bonds is 2. The number of nitrogens with zero attached hydrogens (tertiary/aromatic N) is 1. The molecule has 5 heteroatoms. The van der Waals surface area contributed by atoms with Crippen molar-refractivity contribution in [2.75, 3.05) is 19.6 Å². The van der Waals surface area contributed by atoms with Crippen molar-refractivity contribution in [3.05, 3.63) is 35.6 Å². The zero-order valence-corrected chi connectivity index (χ0v) is 12.8. The number of nitrogens with two attached hydrogens (primary N) is 1. The van der Waals surface area contributed by atoms with Crippen LogP contribution in [0.1, 0.15) is 32.3 Å². The average molecular weight is 294 g/mol. The normalized spacial score (nSPS) is 22.4. The minimum atomic E-state index is -0.536. The molecule has 1 saturated heterocycles. The van der Waals surface area contributed by atoms with Crippen molar-refractivity contribution < 1.29 is 13.9 Å². The van der Waals surface area contributed by atoms with Gasteiger partial charge in [0.25, 0.3) is 0 Å². The Balaban J connectivity index is 2.15. The van der Waals surface area contributed by atoms with E-state index in [-0.39, 0.29) is 23.7 Å². The molecule has 4 nitrogen and oxygen atoms in total. The van der Waals surface area contributed by atoms with Crippen LogP contribution >= 0.6 is 0 Å². The van der Waals surface area contributed by atoms with Gasteiger partial charge in [0.2, 0.25) is 0 Å². The largest absolute Gasteiger partial charge is 0.444 e. The first-order valence-electron chi connectivity index (χ1n) is 7.24. The maximum Gasteiger partial charge on any atom is 0.410 e. The predicted molar refractivity (Wildman–Crippen MR) is 79.5 cm³/mol. The molecule has 0 saturated carbocycles. The van der Waals surface area contributed by atoms with Gasteiger partial charge < -0.3 is 15.4 Å². The Labute approximate surface area is 125 Å². The number of carbonyl (C=O) groups excluding carboxylic acids is 1. The topological polar surface area (TPSA) is 55.6 Å². The molecule has 0 radical (unpaired) electrons. The van der Waals surface area contributed by atoms with Gasteiger partial charge in [-0.05, 0) is 44.9 Å². The summed E-state index contributed by atoms with van der Waals surface area (Å²) in [5.74, 6) is -0.273. The Kier molecular flexibility index (Phi) is 4.52. The number of benzene rings is 1. The molecule has 116 valence electrons. The minimum Gasteiger partial charge on any atom is -0.444 e. The first-order valence-corrected chi connectivity index (χ1v) is 7.24. The Hall–Kier alpha value is -1.62. The zero-order chi connectivity index (χ0) is 15.6. The van der Waals surface area contributed by atoms with Gasteiger partial charge in [-0.15, -0.1) is 0 Å². The average Bonchev–Trinajstić information content (AvgIpc) is 2.81. The van der Waals surface area contributed by atoms with Crippen molar-refractivity contribution in [1.29, 1.82) is 0 Å². The molecule has 2 N–H and O–H groups in total. The van der Waals surface area contributed by atoms with E-state index < -0.39 is 5.60 Å². The summed E-state index contributed by atoms with van der Waals surface area (Å²) in [5, 5.41) is 0. The van der Waals surface area contributed by atoms with Gasteiger partial charge in [0, 0.05) is 19.0 Å². The third kappa shape index (κ3) is 3.73. The molecule has 1 aliphatic rings. The molecule has 0 aromatic heterocycles. The van der Waals surface area contributed by atoms with E-state index in [1.165, 1.54) is 6.07 Å². The number of hydrogen-bond donors (Lipinski definition) is 1. The minimum absolute atomic E-state index is 0.0504. The summed E-state index contributed by atoms with van der Waals surface area (Å²) < 4.78 is 19.4. The van der Waals surface area contributed by atoms with E-state index in [0.29, 0.717) is 25.2 Å². The quantitative estimate of drug-likeness (QED) is 0.912. The smallest absolute Gasteiger partial charge is 0.410 e. The van der Waals surface area contributed by atoms with Crippen molar-refractivity contribution in [1.82, 2.24) is 4.90 Å². The molecule has 0 bridgehead atoms.